The number of rotatable bonds is 4. The highest BCUT2D eigenvalue weighted by atomic mass is 28.4. The van der Waals surface area contributed by atoms with E-state index in [1.54, 1.807) is 0 Å². The first-order valence-corrected chi connectivity index (χ1v) is 7.65. The van der Waals surface area contributed by atoms with E-state index in [0.29, 0.717) is 0 Å². The predicted molar refractivity (Wildman–Crippen MR) is 61.4 cm³/mol. The smallest absolute Gasteiger partial charge is 0.374 e. The molecule has 88 valence electrons. The fourth-order valence-corrected chi connectivity index (χ4v) is 6.16. The molecule has 2 aliphatic rings. The second kappa shape index (κ2) is 4.93. The van der Waals surface area contributed by atoms with Crippen molar-refractivity contribution in [1.29, 1.82) is 0 Å². The molecule has 0 N–H and O–H groups in total. The van der Waals surface area contributed by atoms with Gasteiger partial charge in [-0.2, -0.15) is 0 Å². The van der Waals surface area contributed by atoms with E-state index in [-0.39, 0.29) is 0 Å². The van der Waals surface area contributed by atoms with Crippen molar-refractivity contribution in [2.75, 3.05) is 40.4 Å². The van der Waals surface area contributed by atoms with Crippen LogP contribution in [0.2, 0.25) is 0 Å². The van der Waals surface area contributed by atoms with Crippen LogP contribution in [0.25, 0.3) is 0 Å². The van der Waals surface area contributed by atoms with Crippen LogP contribution in [0.5, 0.6) is 0 Å². The van der Waals surface area contributed by atoms with Gasteiger partial charge in [0.05, 0.1) is 0 Å². The number of hydrogen-bond donors (Lipinski definition) is 0. The van der Waals surface area contributed by atoms with Gasteiger partial charge >= 0.3 is 8.88 Å². The van der Waals surface area contributed by atoms with E-state index in [1.807, 2.05) is 14.2 Å². The van der Waals surface area contributed by atoms with Gasteiger partial charge < -0.3 is 8.85 Å². The molecule has 0 aromatic carbocycles. The summed E-state index contributed by atoms with van der Waals surface area (Å²) in [6, 6.07) is 0. The first-order valence-electron chi connectivity index (χ1n) is 5.94. The highest BCUT2D eigenvalue weighted by Gasteiger charge is 2.51. The van der Waals surface area contributed by atoms with Crippen molar-refractivity contribution >= 4 is 8.88 Å². The zero-order chi connectivity index (χ0) is 10.7. The molecule has 0 aromatic rings. The van der Waals surface area contributed by atoms with Gasteiger partial charge in [0.1, 0.15) is 0 Å². The van der Waals surface area contributed by atoms with Crippen molar-refractivity contribution in [3.05, 3.63) is 0 Å². The lowest BCUT2D eigenvalue weighted by atomic mass is 10.4. The molecule has 0 atom stereocenters. The summed E-state index contributed by atoms with van der Waals surface area (Å²) in [5.74, 6) is 0. The molecule has 0 spiro atoms. The number of nitrogens with zero attached hydrogens (tertiary/aromatic N) is 2. The molecule has 0 saturated carbocycles. The Morgan fingerprint density at radius 2 is 1.07 bits per heavy atom. The van der Waals surface area contributed by atoms with Crippen molar-refractivity contribution in [1.82, 2.24) is 9.13 Å². The zero-order valence-corrected chi connectivity index (χ0v) is 10.9. The fourth-order valence-electron chi connectivity index (χ4n) is 2.80. The van der Waals surface area contributed by atoms with Crippen LogP contribution in [0.15, 0.2) is 0 Å². The average molecular weight is 230 g/mol. The van der Waals surface area contributed by atoms with Crippen LogP contribution >= 0.6 is 0 Å². The van der Waals surface area contributed by atoms with Crippen molar-refractivity contribution in [2.24, 2.45) is 0 Å². The van der Waals surface area contributed by atoms with Gasteiger partial charge in [-0.05, 0) is 51.9 Å². The van der Waals surface area contributed by atoms with Crippen LogP contribution in [0, 0.1) is 0 Å². The van der Waals surface area contributed by atoms with Crippen LogP contribution in [0.4, 0.5) is 0 Å². The summed E-state index contributed by atoms with van der Waals surface area (Å²) >= 11 is 0. The molecular weight excluding hydrogens is 208 g/mol. The molecule has 0 amide bonds. The Labute approximate surface area is 93.5 Å². The standard InChI is InChI=1S/C10H22N2O2Si/c1-13-15(14-2,11-7-3-4-8-11)12-9-5-6-10-12/h3-10H2,1-2H3. The monoisotopic (exact) mass is 230 g/mol. The highest BCUT2D eigenvalue weighted by molar-refractivity contribution is 6.61. The van der Waals surface area contributed by atoms with E-state index in [1.165, 1.54) is 25.7 Å². The van der Waals surface area contributed by atoms with Gasteiger partial charge in [-0.3, -0.25) is 9.13 Å². The summed E-state index contributed by atoms with van der Waals surface area (Å²) in [5.41, 5.74) is 0. The van der Waals surface area contributed by atoms with Crippen LogP contribution in [-0.4, -0.2) is 58.4 Å². The quantitative estimate of drug-likeness (QED) is 0.670. The zero-order valence-electron chi connectivity index (χ0n) is 9.87. The van der Waals surface area contributed by atoms with Crippen LogP contribution < -0.4 is 0 Å². The third kappa shape index (κ3) is 1.99. The molecule has 2 aliphatic heterocycles. The molecule has 0 radical (unpaired) electrons. The molecule has 15 heavy (non-hydrogen) atoms. The lowest BCUT2D eigenvalue weighted by Gasteiger charge is -2.40. The minimum Gasteiger partial charge on any atom is -0.374 e. The van der Waals surface area contributed by atoms with Crippen molar-refractivity contribution in [2.45, 2.75) is 25.7 Å². The van der Waals surface area contributed by atoms with Crippen molar-refractivity contribution in [3.63, 3.8) is 0 Å². The second-order valence-corrected chi connectivity index (χ2v) is 7.52. The van der Waals surface area contributed by atoms with E-state index < -0.39 is 8.88 Å². The maximum absolute atomic E-state index is 5.82. The largest absolute Gasteiger partial charge is 0.521 e. The molecule has 0 aliphatic carbocycles. The Balaban J connectivity index is 2.13. The fraction of sp³-hybridized carbons (Fsp3) is 1.00. The molecule has 5 heteroatoms. The third-order valence-electron chi connectivity index (χ3n) is 3.54. The van der Waals surface area contributed by atoms with Gasteiger partial charge in [-0.1, -0.05) is 0 Å². The maximum Gasteiger partial charge on any atom is 0.521 e. The Kier molecular flexibility index (Phi) is 3.79. The van der Waals surface area contributed by atoms with E-state index in [9.17, 15) is 0 Å². The third-order valence-corrected chi connectivity index (χ3v) is 7.10. The molecular formula is C10H22N2O2Si. The first kappa shape index (κ1) is 11.5. The van der Waals surface area contributed by atoms with Gasteiger partial charge in [0.15, 0.2) is 0 Å². The highest BCUT2D eigenvalue weighted by Crippen LogP contribution is 2.26. The van der Waals surface area contributed by atoms with Gasteiger partial charge in [-0.15, -0.1) is 0 Å². The van der Waals surface area contributed by atoms with Crippen LogP contribution in [-0.2, 0) is 8.85 Å². The van der Waals surface area contributed by atoms with E-state index in [2.05, 4.69) is 9.13 Å². The Morgan fingerprint density at radius 3 is 1.33 bits per heavy atom. The topological polar surface area (TPSA) is 24.9 Å². The molecule has 4 nitrogen and oxygen atoms in total. The SMILES string of the molecule is CO[Si](OC)(N1CCCC1)N1CCCC1. The molecule has 2 fully saturated rings. The van der Waals surface area contributed by atoms with E-state index in [0.717, 1.165) is 26.2 Å². The Hall–Kier alpha value is 0.0569. The van der Waals surface area contributed by atoms with Gasteiger partial charge in [0.25, 0.3) is 0 Å². The molecule has 2 rings (SSSR count). The Morgan fingerprint density at radius 1 is 0.733 bits per heavy atom. The summed E-state index contributed by atoms with van der Waals surface area (Å²) in [4.78, 5) is 0. The molecule has 0 unspecified atom stereocenters. The summed E-state index contributed by atoms with van der Waals surface area (Å²) in [6.45, 7) is 4.57. The minimum absolute atomic E-state index is 1.14. The Bertz CT molecular complexity index is 182. The summed E-state index contributed by atoms with van der Waals surface area (Å²) in [7, 11) is 1.41. The van der Waals surface area contributed by atoms with E-state index in [4.69, 9.17) is 8.85 Å². The molecule has 2 heterocycles. The van der Waals surface area contributed by atoms with Crippen molar-refractivity contribution in [3.8, 4) is 0 Å². The summed E-state index contributed by atoms with van der Waals surface area (Å²) < 4.78 is 16.6. The van der Waals surface area contributed by atoms with Crippen LogP contribution in [0.3, 0.4) is 0 Å². The van der Waals surface area contributed by atoms with Crippen LogP contribution in [0.1, 0.15) is 25.7 Å². The van der Waals surface area contributed by atoms with Crippen molar-refractivity contribution < 1.29 is 8.85 Å². The molecule has 0 aromatic heterocycles. The van der Waals surface area contributed by atoms with E-state index >= 15 is 0 Å². The summed E-state index contributed by atoms with van der Waals surface area (Å²) in [5, 5.41) is 0. The molecule has 0 bridgehead atoms. The average Bonchev–Trinajstić information content (AvgIpc) is 2.92. The minimum atomic E-state index is -2.21. The maximum atomic E-state index is 5.82. The normalized spacial score (nSPS) is 25.2. The predicted octanol–water partition coefficient (Wildman–Crippen LogP) is 0.906. The van der Waals surface area contributed by atoms with Gasteiger partial charge in [0.2, 0.25) is 0 Å². The number of hydrogen-bond acceptors (Lipinski definition) is 4. The lowest BCUT2D eigenvalue weighted by molar-refractivity contribution is 0.112. The molecule has 2 saturated heterocycles. The summed E-state index contributed by atoms with van der Waals surface area (Å²) in [6.07, 6.45) is 5.15. The van der Waals surface area contributed by atoms with Gasteiger partial charge in [0, 0.05) is 14.2 Å². The second-order valence-electron chi connectivity index (χ2n) is 4.35. The first-order chi connectivity index (χ1) is 7.33. The van der Waals surface area contributed by atoms with Gasteiger partial charge in [-0.25, -0.2) is 0 Å². The lowest BCUT2D eigenvalue weighted by Crippen LogP contribution is -2.67.